The molecule has 0 saturated heterocycles. The van der Waals surface area contributed by atoms with Crippen LogP contribution >= 0.6 is 15.9 Å². The molecule has 0 bridgehead atoms. The molecular weight excluding hydrogens is 427 g/mol. The van der Waals surface area contributed by atoms with Crippen molar-refractivity contribution >= 4 is 39.1 Å². The van der Waals surface area contributed by atoms with Crippen LogP contribution in [0.25, 0.3) is 0 Å². The minimum absolute atomic E-state index is 0.0651. The number of hydrogen-bond donors (Lipinski definition) is 2. The third-order valence-electron chi connectivity index (χ3n) is 3.74. The molecule has 0 aliphatic heterocycles. The van der Waals surface area contributed by atoms with E-state index in [9.17, 15) is 14.0 Å². The maximum absolute atomic E-state index is 13.8. The highest BCUT2D eigenvalue weighted by Gasteiger charge is 2.15. The largest absolute Gasteiger partial charge is 0.483 e. The van der Waals surface area contributed by atoms with Crippen molar-refractivity contribution in [2.45, 2.75) is 0 Å². The van der Waals surface area contributed by atoms with Gasteiger partial charge in [0.05, 0.1) is 11.3 Å². The summed E-state index contributed by atoms with van der Waals surface area (Å²) in [6, 6.07) is 19.4. The number of ether oxygens (including phenoxy) is 1. The van der Waals surface area contributed by atoms with Gasteiger partial charge in [0, 0.05) is 10.2 Å². The molecule has 0 saturated carbocycles. The minimum Gasteiger partial charge on any atom is -0.483 e. The second-order valence-corrected chi connectivity index (χ2v) is 6.69. The number of anilines is 2. The van der Waals surface area contributed by atoms with Crippen LogP contribution in [0.15, 0.2) is 77.3 Å². The van der Waals surface area contributed by atoms with Gasteiger partial charge in [-0.3, -0.25) is 9.59 Å². The summed E-state index contributed by atoms with van der Waals surface area (Å²) in [6.07, 6.45) is 0. The molecular formula is C21H16BrFN2O3. The van der Waals surface area contributed by atoms with E-state index in [1.807, 2.05) is 0 Å². The maximum Gasteiger partial charge on any atom is 0.262 e. The number of hydrogen-bond acceptors (Lipinski definition) is 3. The molecule has 0 radical (unpaired) electrons. The van der Waals surface area contributed by atoms with Crippen LogP contribution in [-0.4, -0.2) is 18.4 Å². The molecule has 2 N–H and O–H groups in total. The third kappa shape index (κ3) is 5.17. The number of halogens is 2. The van der Waals surface area contributed by atoms with Crippen LogP contribution in [0.2, 0.25) is 0 Å². The van der Waals surface area contributed by atoms with Gasteiger partial charge < -0.3 is 15.4 Å². The smallest absolute Gasteiger partial charge is 0.262 e. The molecule has 28 heavy (non-hydrogen) atoms. The Labute approximate surface area is 169 Å². The number of benzene rings is 3. The topological polar surface area (TPSA) is 67.4 Å². The van der Waals surface area contributed by atoms with Crippen molar-refractivity contribution in [2.24, 2.45) is 0 Å². The van der Waals surface area contributed by atoms with Gasteiger partial charge >= 0.3 is 0 Å². The Morgan fingerprint density at radius 3 is 2.32 bits per heavy atom. The molecule has 0 heterocycles. The lowest BCUT2D eigenvalue weighted by Crippen LogP contribution is -2.21. The van der Waals surface area contributed by atoms with Crippen molar-refractivity contribution in [3.8, 4) is 5.75 Å². The van der Waals surface area contributed by atoms with E-state index in [0.717, 1.165) is 4.47 Å². The van der Waals surface area contributed by atoms with Crippen LogP contribution in [-0.2, 0) is 4.79 Å². The second kappa shape index (κ2) is 9.14. The van der Waals surface area contributed by atoms with Crippen LogP contribution in [0.1, 0.15) is 10.4 Å². The van der Waals surface area contributed by atoms with Gasteiger partial charge in [-0.1, -0.05) is 40.2 Å². The number of nitrogens with one attached hydrogen (secondary N) is 2. The van der Waals surface area contributed by atoms with Crippen LogP contribution in [0, 0.1) is 5.82 Å². The fraction of sp³-hybridized carbons (Fsp3) is 0.0476. The Bertz CT molecular complexity index is 993. The molecule has 3 aromatic rings. The summed E-state index contributed by atoms with van der Waals surface area (Å²) in [6.45, 7) is -0.278. The number of amides is 2. The molecule has 7 heteroatoms. The highest BCUT2D eigenvalue weighted by molar-refractivity contribution is 9.10. The highest BCUT2D eigenvalue weighted by atomic mass is 79.9. The van der Waals surface area contributed by atoms with Gasteiger partial charge in [-0.15, -0.1) is 0 Å². The predicted molar refractivity (Wildman–Crippen MR) is 109 cm³/mol. The zero-order valence-electron chi connectivity index (χ0n) is 14.6. The van der Waals surface area contributed by atoms with Crippen LogP contribution in [0.3, 0.4) is 0 Å². The van der Waals surface area contributed by atoms with E-state index in [0.29, 0.717) is 5.69 Å². The second-order valence-electron chi connectivity index (χ2n) is 5.77. The lowest BCUT2D eigenvalue weighted by molar-refractivity contribution is -0.118. The van der Waals surface area contributed by atoms with E-state index in [4.69, 9.17) is 4.74 Å². The quantitative estimate of drug-likeness (QED) is 0.572. The SMILES string of the molecule is O=C(COc1ccccc1C(=O)Nc1ccccc1F)Nc1ccc(Br)cc1. The van der Waals surface area contributed by atoms with Gasteiger partial charge in [-0.25, -0.2) is 4.39 Å². The first-order valence-electron chi connectivity index (χ1n) is 8.36. The zero-order chi connectivity index (χ0) is 19.9. The summed E-state index contributed by atoms with van der Waals surface area (Å²) in [7, 11) is 0. The average Bonchev–Trinajstić information content (AvgIpc) is 2.70. The Morgan fingerprint density at radius 2 is 1.57 bits per heavy atom. The lowest BCUT2D eigenvalue weighted by atomic mass is 10.2. The predicted octanol–water partition coefficient (Wildman–Crippen LogP) is 4.86. The van der Waals surface area contributed by atoms with E-state index in [1.54, 1.807) is 48.5 Å². The fourth-order valence-corrected chi connectivity index (χ4v) is 2.67. The molecule has 0 aromatic heterocycles. The fourth-order valence-electron chi connectivity index (χ4n) is 2.41. The first-order chi connectivity index (χ1) is 13.5. The molecule has 0 spiro atoms. The number of para-hydroxylation sites is 2. The molecule has 0 fully saturated rings. The number of carbonyl (C=O) groups excluding carboxylic acids is 2. The van der Waals surface area contributed by atoms with E-state index in [-0.39, 0.29) is 29.5 Å². The Kier molecular flexibility index (Phi) is 6.39. The first-order valence-corrected chi connectivity index (χ1v) is 9.15. The van der Waals surface area contributed by atoms with Crippen LogP contribution in [0.5, 0.6) is 5.75 Å². The van der Waals surface area contributed by atoms with E-state index in [1.165, 1.54) is 24.3 Å². The molecule has 5 nitrogen and oxygen atoms in total. The lowest BCUT2D eigenvalue weighted by Gasteiger charge is -2.12. The summed E-state index contributed by atoms with van der Waals surface area (Å²) >= 11 is 3.32. The van der Waals surface area contributed by atoms with Crippen molar-refractivity contribution in [2.75, 3.05) is 17.2 Å². The van der Waals surface area contributed by atoms with Gasteiger partial charge in [0.2, 0.25) is 0 Å². The molecule has 142 valence electrons. The molecule has 0 atom stereocenters. The van der Waals surface area contributed by atoms with Gasteiger partial charge in [-0.05, 0) is 48.5 Å². The van der Waals surface area contributed by atoms with E-state index < -0.39 is 11.7 Å². The van der Waals surface area contributed by atoms with Crippen molar-refractivity contribution in [1.29, 1.82) is 0 Å². The summed E-state index contributed by atoms with van der Waals surface area (Å²) in [4.78, 5) is 24.6. The van der Waals surface area contributed by atoms with Gasteiger partial charge in [0.1, 0.15) is 11.6 Å². The summed E-state index contributed by atoms with van der Waals surface area (Å²) in [5.74, 6) is -1.22. The third-order valence-corrected chi connectivity index (χ3v) is 4.27. The summed E-state index contributed by atoms with van der Waals surface area (Å²) in [5, 5.41) is 5.20. The molecule has 0 unspecified atom stereocenters. The van der Waals surface area contributed by atoms with Crippen LogP contribution < -0.4 is 15.4 Å². The average molecular weight is 443 g/mol. The van der Waals surface area contributed by atoms with E-state index >= 15 is 0 Å². The normalized spacial score (nSPS) is 10.2. The van der Waals surface area contributed by atoms with Gasteiger partial charge in [0.15, 0.2) is 6.61 Å². The Hall–Kier alpha value is -3.19. The van der Waals surface area contributed by atoms with Crippen molar-refractivity contribution in [3.63, 3.8) is 0 Å². The number of carbonyl (C=O) groups is 2. The van der Waals surface area contributed by atoms with Gasteiger partial charge in [0.25, 0.3) is 11.8 Å². The molecule has 3 rings (SSSR count). The zero-order valence-corrected chi connectivity index (χ0v) is 16.2. The molecule has 0 aliphatic carbocycles. The maximum atomic E-state index is 13.8. The van der Waals surface area contributed by atoms with Crippen molar-refractivity contribution in [1.82, 2.24) is 0 Å². The molecule has 2 amide bonds. The monoisotopic (exact) mass is 442 g/mol. The van der Waals surface area contributed by atoms with E-state index in [2.05, 4.69) is 26.6 Å². The van der Waals surface area contributed by atoms with Gasteiger partial charge in [-0.2, -0.15) is 0 Å². The molecule has 0 aliphatic rings. The van der Waals surface area contributed by atoms with Crippen molar-refractivity contribution in [3.05, 3.63) is 88.6 Å². The summed E-state index contributed by atoms with van der Waals surface area (Å²) < 4.78 is 20.2. The molecule has 3 aromatic carbocycles. The van der Waals surface area contributed by atoms with Crippen molar-refractivity contribution < 1.29 is 18.7 Å². The number of rotatable bonds is 6. The highest BCUT2D eigenvalue weighted by Crippen LogP contribution is 2.21. The Morgan fingerprint density at radius 1 is 0.893 bits per heavy atom. The first kappa shape index (κ1) is 19.6. The minimum atomic E-state index is -0.539. The standard InChI is InChI=1S/C21H16BrFN2O3/c22-14-9-11-15(12-10-14)24-20(26)13-28-19-8-4-1-5-16(19)21(27)25-18-7-3-2-6-17(18)23/h1-12H,13H2,(H,24,26)(H,25,27). The van der Waals surface area contributed by atoms with Crippen LogP contribution in [0.4, 0.5) is 15.8 Å². The summed E-state index contributed by atoms with van der Waals surface area (Å²) in [5.41, 5.74) is 0.889. The Balaban J connectivity index is 1.65.